The van der Waals surface area contributed by atoms with Crippen molar-refractivity contribution in [1.82, 2.24) is 9.78 Å². The fourth-order valence-electron chi connectivity index (χ4n) is 3.88. The number of aryl methyl sites for hydroxylation is 2. The van der Waals surface area contributed by atoms with Crippen LogP contribution in [0.3, 0.4) is 0 Å². The molecule has 2 atom stereocenters. The molecule has 0 aliphatic heterocycles. The van der Waals surface area contributed by atoms with Crippen LogP contribution in [0.25, 0.3) is 0 Å². The zero-order chi connectivity index (χ0) is 13.6. The summed E-state index contributed by atoms with van der Waals surface area (Å²) in [5.41, 5.74) is 2.55. The van der Waals surface area contributed by atoms with Gasteiger partial charge in [0.1, 0.15) is 0 Å². The SMILES string of the molecule is CCc1nn(CC)c(CC2(CO)CC3CC3C2)c1Br. The van der Waals surface area contributed by atoms with Gasteiger partial charge in [0.2, 0.25) is 0 Å². The summed E-state index contributed by atoms with van der Waals surface area (Å²) in [7, 11) is 0. The number of aliphatic hydroxyl groups excluding tert-OH is 1. The largest absolute Gasteiger partial charge is 0.396 e. The fraction of sp³-hybridized carbons (Fsp3) is 0.800. The van der Waals surface area contributed by atoms with Crippen molar-refractivity contribution in [3.63, 3.8) is 0 Å². The van der Waals surface area contributed by atoms with Gasteiger partial charge in [0.15, 0.2) is 0 Å². The standard InChI is InChI=1S/C15H23BrN2O/c1-3-12-14(16)13(18(4-2)17-12)8-15(9-19)6-10-5-11(10)7-15/h10-11,19H,3-9H2,1-2H3. The fourth-order valence-corrected chi connectivity index (χ4v) is 4.58. The van der Waals surface area contributed by atoms with Crippen LogP contribution in [0.5, 0.6) is 0 Å². The van der Waals surface area contributed by atoms with Crippen molar-refractivity contribution in [3.05, 3.63) is 15.9 Å². The first-order valence-electron chi connectivity index (χ1n) is 7.47. The third kappa shape index (κ3) is 2.27. The molecule has 2 aliphatic rings. The van der Waals surface area contributed by atoms with Crippen molar-refractivity contribution in [2.75, 3.05) is 6.61 Å². The van der Waals surface area contributed by atoms with E-state index in [0.717, 1.165) is 36.9 Å². The molecule has 2 saturated carbocycles. The summed E-state index contributed by atoms with van der Waals surface area (Å²) in [6.45, 7) is 5.51. The van der Waals surface area contributed by atoms with Crippen LogP contribution in [0.2, 0.25) is 0 Å². The van der Waals surface area contributed by atoms with E-state index in [-0.39, 0.29) is 5.41 Å². The van der Waals surface area contributed by atoms with E-state index in [1.807, 2.05) is 0 Å². The Bertz CT molecular complexity index is 473. The van der Waals surface area contributed by atoms with Crippen molar-refractivity contribution in [2.45, 2.75) is 52.5 Å². The second-order valence-corrected chi connectivity index (χ2v) is 7.17. The Morgan fingerprint density at radius 3 is 2.58 bits per heavy atom. The Morgan fingerprint density at radius 1 is 1.37 bits per heavy atom. The van der Waals surface area contributed by atoms with Crippen LogP contribution in [0.15, 0.2) is 4.47 Å². The number of hydrogen-bond donors (Lipinski definition) is 1. The minimum atomic E-state index is 0.119. The van der Waals surface area contributed by atoms with E-state index in [4.69, 9.17) is 0 Å². The average molecular weight is 327 g/mol. The molecule has 2 aliphatic carbocycles. The third-order valence-corrected chi connectivity index (χ3v) is 5.95. The van der Waals surface area contributed by atoms with Gasteiger partial charge in [0, 0.05) is 13.2 Å². The number of aliphatic hydroxyl groups is 1. The second-order valence-electron chi connectivity index (χ2n) is 6.38. The Hall–Kier alpha value is -0.350. The van der Waals surface area contributed by atoms with E-state index < -0.39 is 0 Å². The lowest BCUT2D eigenvalue weighted by molar-refractivity contribution is 0.114. The lowest BCUT2D eigenvalue weighted by Gasteiger charge is -2.29. The van der Waals surface area contributed by atoms with Crippen LogP contribution in [-0.2, 0) is 19.4 Å². The topological polar surface area (TPSA) is 38.0 Å². The second kappa shape index (κ2) is 4.88. The molecule has 0 saturated heterocycles. The normalized spacial score (nSPS) is 32.6. The first-order chi connectivity index (χ1) is 9.12. The van der Waals surface area contributed by atoms with Crippen LogP contribution in [0, 0.1) is 17.3 Å². The smallest absolute Gasteiger partial charge is 0.0766 e. The van der Waals surface area contributed by atoms with Crippen LogP contribution >= 0.6 is 15.9 Å². The monoisotopic (exact) mass is 326 g/mol. The first kappa shape index (κ1) is 13.6. The van der Waals surface area contributed by atoms with Crippen LogP contribution < -0.4 is 0 Å². The molecule has 1 N–H and O–H groups in total. The molecule has 3 nitrogen and oxygen atoms in total. The molecule has 0 bridgehead atoms. The van der Waals surface area contributed by atoms with Crippen molar-refractivity contribution >= 4 is 15.9 Å². The summed E-state index contributed by atoms with van der Waals surface area (Å²) in [6.07, 6.45) is 5.74. The predicted molar refractivity (Wildman–Crippen MR) is 79.0 cm³/mol. The number of halogens is 1. The van der Waals surface area contributed by atoms with E-state index >= 15 is 0 Å². The van der Waals surface area contributed by atoms with Gasteiger partial charge in [0.25, 0.3) is 0 Å². The summed E-state index contributed by atoms with van der Waals surface area (Å²) in [6, 6.07) is 0. The van der Waals surface area contributed by atoms with Crippen molar-refractivity contribution in [3.8, 4) is 0 Å². The summed E-state index contributed by atoms with van der Waals surface area (Å²) in [4.78, 5) is 0. The molecule has 0 radical (unpaired) electrons. The Kier molecular flexibility index (Phi) is 3.50. The summed E-state index contributed by atoms with van der Waals surface area (Å²) >= 11 is 3.73. The molecule has 19 heavy (non-hydrogen) atoms. The maximum Gasteiger partial charge on any atom is 0.0766 e. The summed E-state index contributed by atoms with van der Waals surface area (Å²) in [5.74, 6) is 1.80. The molecule has 1 aromatic heterocycles. The van der Waals surface area contributed by atoms with E-state index in [1.54, 1.807) is 0 Å². The van der Waals surface area contributed by atoms with Crippen LogP contribution in [0.4, 0.5) is 0 Å². The molecule has 0 amide bonds. The third-order valence-electron chi connectivity index (χ3n) is 5.03. The van der Waals surface area contributed by atoms with E-state index in [2.05, 4.69) is 39.6 Å². The van der Waals surface area contributed by atoms with E-state index in [0.29, 0.717) is 6.61 Å². The molecule has 1 heterocycles. The molecule has 4 heteroatoms. The minimum Gasteiger partial charge on any atom is -0.396 e. The van der Waals surface area contributed by atoms with Gasteiger partial charge in [0.05, 0.1) is 15.9 Å². The molecule has 0 aromatic carbocycles. The predicted octanol–water partition coefficient (Wildman–Crippen LogP) is 3.18. The molecule has 106 valence electrons. The van der Waals surface area contributed by atoms with Gasteiger partial charge in [-0.25, -0.2) is 0 Å². The molecule has 2 fully saturated rings. The maximum atomic E-state index is 9.89. The summed E-state index contributed by atoms with van der Waals surface area (Å²) < 4.78 is 3.29. The molecule has 2 unspecified atom stereocenters. The average Bonchev–Trinajstić information content (AvgIpc) is 2.92. The summed E-state index contributed by atoms with van der Waals surface area (Å²) in [5, 5.41) is 14.6. The van der Waals surface area contributed by atoms with E-state index in [9.17, 15) is 5.11 Å². The van der Waals surface area contributed by atoms with Gasteiger partial charge in [-0.2, -0.15) is 5.10 Å². The van der Waals surface area contributed by atoms with Crippen LogP contribution in [0.1, 0.15) is 44.5 Å². The number of hydrogen-bond acceptors (Lipinski definition) is 2. The molecule has 3 rings (SSSR count). The number of aromatic nitrogens is 2. The highest BCUT2D eigenvalue weighted by Gasteiger charge is 2.53. The molecular formula is C15H23BrN2O. The van der Waals surface area contributed by atoms with Crippen molar-refractivity contribution in [1.29, 1.82) is 0 Å². The zero-order valence-electron chi connectivity index (χ0n) is 11.8. The molecule has 1 aromatic rings. The van der Waals surface area contributed by atoms with Gasteiger partial charge in [-0.15, -0.1) is 0 Å². The van der Waals surface area contributed by atoms with Gasteiger partial charge < -0.3 is 5.11 Å². The maximum absolute atomic E-state index is 9.89. The van der Waals surface area contributed by atoms with Gasteiger partial charge in [-0.3, -0.25) is 4.68 Å². The highest BCUT2D eigenvalue weighted by Crippen LogP contribution is 2.60. The lowest BCUT2D eigenvalue weighted by atomic mass is 9.79. The lowest BCUT2D eigenvalue weighted by Crippen LogP contribution is -2.28. The first-order valence-corrected chi connectivity index (χ1v) is 8.26. The number of nitrogens with zero attached hydrogens (tertiary/aromatic N) is 2. The highest BCUT2D eigenvalue weighted by molar-refractivity contribution is 9.10. The number of fused-ring (bicyclic) bond motifs is 1. The van der Waals surface area contributed by atoms with Gasteiger partial charge in [-0.1, -0.05) is 6.92 Å². The van der Waals surface area contributed by atoms with Crippen molar-refractivity contribution in [2.24, 2.45) is 17.3 Å². The highest BCUT2D eigenvalue weighted by atomic mass is 79.9. The van der Waals surface area contributed by atoms with Crippen molar-refractivity contribution < 1.29 is 5.11 Å². The molecular weight excluding hydrogens is 304 g/mol. The van der Waals surface area contributed by atoms with Gasteiger partial charge >= 0.3 is 0 Å². The Balaban J connectivity index is 1.87. The van der Waals surface area contributed by atoms with E-state index in [1.165, 1.54) is 29.4 Å². The minimum absolute atomic E-state index is 0.119. The Morgan fingerprint density at radius 2 is 2.05 bits per heavy atom. The zero-order valence-corrected chi connectivity index (χ0v) is 13.4. The van der Waals surface area contributed by atoms with Crippen LogP contribution in [-0.4, -0.2) is 21.5 Å². The number of rotatable bonds is 5. The Labute approximate surface area is 123 Å². The quantitative estimate of drug-likeness (QED) is 0.902. The van der Waals surface area contributed by atoms with Gasteiger partial charge in [-0.05, 0) is 72.2 Å². The molecule has 0 spiro atoms.